The SMILES string of the molecule is CN1CCN(CC(C)(C)NC(=O)C2N=CNC2(C(N)=O)c2ccc(NC(=O)c3ccccc3Cl)cc2)CC1. The van der Waals surface area contributed by atoms with Crippen LogP contribution in [0.1, 0.15) is 29.8 Å². The fourth-order valence-electron chi connectivity index (χ4n) is 4.92. The molecule has 3 amide bonds. The number of primary amides is 1. The molecule has 2 atom stereocenters. The molecule has 2 aliphatic heterocycles. The van der Waals surface area contributed by atoms with E-state index in [1.165, 1.54) is 6.34 Å². The Morgan fingerprint density at radius 1 is 1.11 bits per heavy atom. The standard InChI is InChI=1S/C27H34ClN7O3/c1-26(2,16-35-14-12-34(3)13-15-35)33-24(37)22-27(25(29)38,31-17-30-22)18-8-10-19(11-9-18)32-23(36)20-6-4-5-7-21(20)28/h4-11,17,22H,12-16H2,1-3H3,(H2,29,38)(H,30,31)(H,32,36)(H,33,37). The van der Waals surface area contributed by atoms with Crippen LogP contribution in [0.15, 0.2) is 53.5 Å². The van der Waals surface area contributed by atoms with Crippen LogP contribution in [0.4, 0.5) is 5.69 Å². The van der Waals surface area contributed by atoms with E-state index >= 15 is 0 Å². The highest BCUT2D eigenvalue weighted by Crippen LogP contribution is 2.32. The van der Waals surface area contributed by atoms with E-state index in [0.717, 1.165) is 26.2 Å². The molecule has 0 bridgehead atoms. The summed E-state index contributed by atoms with van der Waals surface area (Å²) >= 11 is 6.12. The Labute approximate surface area is 227 Å². The predicted octanol–water partition coefficient (Wildman–Crippen LogP) is 1.42. The number of nitrogens with one attached hydrogen (secondary N) is 3. The van der Waals surface area contributed by atoms with Crippen molar-refractivity contribution in [3.63, 3.8) is 0 Å². The zero-order valence-corrected chi connectivity index (χ0v) is 22.6. The average Bonchev–Trinajstić information content (AvgIpc) is 3.32. The summed E-state index contributed by atoms with van der Waals surface area (Å²) in [5, 5.41) is 9.13. The van der Waals surface area contributed by atoms with Crippen molar-refractivity contribution in [1.82, 2.24) is 20.4 Å². The third kappa shape index (κ3) is 5.82. The summed E-state index contributed by atoms with van der Waals surface area (Å²) in [4.78, 5) is 47.8. The van der Waals surface area contributed by atoms with Gasteiger partial charge in [-0.1, -0.05) is 35.9 Å². The van der Waals surface area contributed by atoms with Crippen LogP contribution in [0.5, 0.6) is 0 Å². The number of amides is 3. The van der Waals surface area contributed by atoms with Gasteiger partial charge in [-0.25, -0.2) is 0 Å². The predicted molar refractivity (Wildman–Crippen MR) is 148 cm³/mol. The maximum absolute atomic E-state index is 13.5. The second-order valence-corrected chi connectivity index (χ2v) is 10.9. The first-order chi connectivity index (χ1) is 18.0. The van der Waals surface area contributed by atoms with Gasteiger partial charge < -0.3 is 26.6 Å². The van der Waals surface area contributed by atoms with Crippen LogP contribution in [-0.4, -0.2) is 85.2 Å². The molecular formula is C27H34ClN7O3. The van der Waals surface area contributed by atoms with Gasteiger partial charge in [0.1, 0.15) is 0 Å². The molecule has 2 aromatic rings. The Kier molecular flexibility index (Phi) is 8.05. The maximum Gasteiger partial charge on any atom is 0.257 e. The molecule has 2 aromatic carbocycles. The molecule has 38 heavy (non-hydrogen) atoms. The van der Waals surface area contributed by atoms with Crippen molar-refractivity contribution in [3.8, 4) is 0 Å². The highest BCUT2D eigenvalue weighted by Gasteiger charge is 2.52. The van der Waals surface area contributed by atoms with Crippen LogP contribution in [0.2, 0.25) is 5.02 Å². The first kappa shape index (κ1) is 27.6. The fourth-order valence-corrected chi connectivity index (χ4v) is 5.15. The molecule has 1 saturated heterocycles. The second kappa shape index (κ2) is 11.1. The number of rotatable bonds is 8. The molecule has 0 aliphatic carbocycles. The zero-order valence-electron chi connectivity index (χ0n) is 21.8. The van der Waals surface area contributed by atoms with E-state index in [0.29, 0.717) is 28.4 Å². The van der Waals surface area contributed by atoms with Gasteiger partial charge in [-0.2, -0.15) is 0 Å². The smallest absolute Gasteiger partial charge is 0.257 e. The van der Waals surface area contributed by atoms with Gasteiger partial charge in [-0.15, -0.1) is 0 Å². The molecule has 11 heteroatoms. The second-order valence-electron chi connectivity index (χ2n) is 10.5. The van der Waals surface area contributed by atoms with Crippen molar-refractivity contribution in [1.29, 1.82) is 0 Å². The number of nitrogens with two attached hydrogens (primary N) is 1. The van der Waals surface area contributed by atoms with Gasteiger partial charge in [-0.05, 0) is 50.7 Å². The summed E-state index contributed by atoms with van der Waals surface area (Å²) in [6.07, 6.45) is 1.34. The van der Waals surface area contributed by atoms with Crippen LogP contribution < -0.4 is 21.7 Å². The van der Waals surface area contributed by atoms with Crippen LogP contribution in [-0.2, 0) is 15.1 Å². The number of likely N-dealkylation sites (N-methyl/N-ethyl adjacent to an activating group) is 1. The number of halogens is 1. The van der Waals surface area contributed by atoms with E-state index in [1.54, 1.807) is 48.5 Å². The highest BCUT2D eigenvalue weighted by molar-refractivity contribution is 6.34. The van der Waals surface area contributed by atoms with Crippen molar-refractivity contribution >= 4 is 41.3 Å². The molecule has 4 rings (SSSR count). The number of carbonyl (C=O) groups is 3. The quantitative estimate of drug-likeness (QED) is 0.401. The van der Waals surface area contributed by atoms with Crippen molar-refractivity contribution in [3.05, 3.63) is 64.7 Å². The number of hydrogen-bond acceptors (Lipinski definition) is 7. The lowest BCUT2D eigenvalue weighted by atomic mass is 9.82. The number of aliphatic imine (C=N–C) groups is 1. The Bertz CT molecular complexity index is 1230. The van der Waals surface area contributed by atoms with Gasteiger partial charge >= 0.3 is 0 Å². The van der Waals surface area contributed by atoms with Crippen molar-refractivity contribution in [2.45, 2.75) is 31.0 Å². The number of benzene rings is 2. The minimum Gasteiger partial charge on any atom is -0.367 e. The zero-order chi connectivity index (χ0) is 27.5. The van der Waals surface area contributed by atoms with E-state index in [2.05, 4.69) is 37.8 Å². The fraction of sp³-hybridized carbons (Fsp3) is 0.407. The molecule has 0 radical (unpaired) electrons. The molecule has 2 heterocycles. The van der Waals surface area contributed by atoms with Gasteiger partial charge in [0.25, 0.3) is 11.8 Å². The Morgan fingerprint density at radius 3 is 2.39 bits per heavy atom. The molecule has 5 N–H and O–H groups in total. The lowest BCUT2D eigenvalue weighted by Crippen LogP contribution is -2.63. The summed E-state index contributed by atoms with van der Waals surface area (Å²) in [6.45, 7) is 8.36. The molecule has 1 fully saturated rings. The third-order valence-electron chi connectivity index (χ3n) is 6.96. The van der Waals surface area contributed by atoms with Crippen LogP contribution in [0.25, 0.3) is 0 Å². The number of hydrogen-bond donors (Lipinski definition) is 4. The van der Waals surface area contributed by atoms with E-state index in [9.17, 15) is 14.4 Å². The minimum absolute atomic E-state index is 0.339. The van der Waals surface area contributed by atoms with Gasteiger partial charge in [0, 0.05) is 44.0 Å². The summed E-state index contributed by atoms with van der Waals surface area (Å²) < 4.78 is 0. The first-order valence-electron chi connectivity index (χ1n) is 12.5. The summed E-state index contributed by atoms with van der Waals surface area (Å²) in [6, 6.07) is 12.2. The molecular weight excluding hydrogens is 506 g/mol. The van der Waals surface area contributed by atoms with Crippen LogP contribution >= 0.6 is 11.6 Å². The monoisotopic (exact) mass is 539 g/mol. The molecule has 202 valence electrons. The number of carbonyl (C=O) groups excluding carboxylic acids is 3. The largest absolute Gasteiger partial charge is 0.367 e. The summed E-state index contributed by atoms with van der Waals surface area (Å²) in [7, 11) is 2.10. The first-order valence-corrected chi connectivity index (χ1v) is 12.9. The van der Waals surface area contributed by atoms with Crippen LogP contribution in [0.3, 0.4) is 0 Å². The average molecular weight is 540 g/mol. The summed E-state index contributed by atoms with van der Waals surface area (Å²) in [5.74, 6) is -1.50. The number of nitrogens with zero attached hydrogens (tertiary/aromatic N) is 3. The van der Waals surface area contributed by atoms with Gasteiger partial charge in [0.2, 0.25) is 5.91 Å². The lowest BCUT2D eigenvalue weighted by molar-refractivity contribution is -0.132. The number of anilines is 1. The molecule has 2 unspecified atom stereocenters. The molecule has 10 nitrogen and oxygen atoms in total. The van der Waals surface area contributed by atoms with Gasteiger partial charge in [0.05, 0.1) is 16.9 Å². The highest BCUT2D eigenvalue weighted by atomic mass is 35.5. The maximum atomic E-state index is 13.5. The van der Waals surface area contributed by atoms with E-state index in [4.69, 9.17) is 17.3 Å². The van der Waals surface area contributed by atoms with Gasteiger partial charge in [-0.3, -0.25) is 24.3 Å². The Balaban J connectivity index is 1.49. The van der Waals surface area contributed by atoms with E-state index in [1.807, 2.05) is 13.8 Å². The molecule has 0 aromatic heterocycles. The lowest BCUT2D eigenvalue weighted by Gasteiger charge is -2.39. The molecule has 0 saturated carbocycles. The van der Waals surface area contributed by atoms with E-state index < -0.39 is 28.9 Å². The van der Waals surface area contributed by atoms with Crippen molar-refractivity contribution < 1.29 is 14.4 Å². The molecule has 0 spiro atoms. The third-order valence-corrected chi connectivity index (χ3v) is 7.29. The topological polar surface area (TPSA) is 132 Å². The van der Waals surface area contributed by atoms with Crippen molar-refractivity contribution in [2.75, 3.05) is 45.1 Å². The van der Waals surface area contributed by atoms with Crippen LogP contribution in [0, 0.1) is 0 Å². The molecule has 2 aliphatic rings. The Hall–Kier alpha value is -3.47. The van der Waals surface area contributed by atoms with Gasteiger partial charge in [0.15, 0.2) is 11.6 Å². The number of piperazine rings is 1. The Morgan fingerprint density at radius 2 is 1.76 bits per heavy atom. The summed E-state index contributed by atoms with van der Waals surface area (Å²) in [5.41, 5.74) is 5.03. The minimum atomic E-state index is -1.57. The van der Waals surface area contributed by atoms with Crippen molar-refractivity contribution in [2.24, 2.45) is 10.7 Å². The van der Waals surface area contributed by atoms with E-state index in [-0.39, 0.29) is 5.91 Å². The normalized spacial score (nSPS) is 22.1.